The Balaban J connectivity index is 1.67. The number of benzene rings is 2. The van der Waals surface area contributed by atoms with Crippen LogP contribution in [0.4, 0.5) is 5.82 Å². The van der Waals surface area contributed by atoms with Crippen LogP contribution in [0.25, 0.3) is 16.7 Å². The van der Waals surface area contributed by atoms with Crippen molar-refractivity contribution in [1.29, 1.82) is 0 Å². The van der Waals surface area contributed by atoms with Gasteiger partial charge in [-0.2, -0.15) is 9.78 Å². The van der Waals surface area contributed by atoms with Crippen LogP contribution in [0.5, 0.6) is 5.75 Å². The van der Waals surface area contributed by atoms with E-state index in [1.165, 1.54) is 10.9 Å². The van der Waals surface area contributed by atoms with Gasteiger partial charge in [-0.05, 0) is 75.1 Å². The molecule has 0 radical (unpaired) electrons. The molecule has 0 saturated carbocycles. The summed E-state index contributed by atoms with van der Waals surface area (Å²) >= 11 is 0. The number of aromatic nitrogens is 3. The fourth-order valence-corrected chi connectivity index (χ4v) is 3.77. The van der Waals surface area contributed by atoms with E-state index in [4.69, 9.17) is 14.5 Å². The SMILES string of the molecule is CCOC(=O)c1cnn(-c2cc(C)c3cccc(C)c3n2)c1NC(=O)COc1ccc(C)c(C)c1. The van der Waals surface area contributed by atoms with Crippen LogP contribution in [0.2, 0.25) is 0 Å². The van der Waals surface area contributed by atoms with E-state index in [9.17, 15) is 9.59 Å². The van der Waals surface area contributed by atoms with Gasteiger partial charge in [-0.3, -0.25) is 4.79 Å². The van der Waals surface area contributed by atoms with Crippen molar-refractivity contribution < 1.29 is 19.1 Å². The second-order valence-corrected chi connectivity index (χ2v) is 8.39. The largest absolute Gasteiger partial charge is 0.484 e. The zero-order chi connectivity index (χ0) is 25.1. The predicted octanol–water partition coefficient (Wildman–Crippen LogP) is 4.85. The first-order valence-corrected chi connectivity index (χ1v) is 11.4. The van der Waals surface area contributed by atoms with Gasteiger partial charge < -0.3 is 14.8 Å². The van der Waals surface area contributed by atoms with Crippen LogP contribution in [-0.4, -0.2) is 39.9 Å². The average molecular weight is 473 g/mol. The molecule has 0 bridgehead atoms. The Morgan fingerprint density at radius 2 is 1.77 bits per heavy atom. The Morgan fingerprint density at radius 1 is 0.971 bits per heavy atom. The second-order valence-electron chi connectivity index (χ2n) is 8.39. The Hall–Kier alpha value is -4.20. The summed E-state index contributed by atoms with van der Waals surface area (Å²) in [6.45, 7) is 9.63. The molecule has 1 N–H and O–H groups in total. The molecule has 0 atom stereocenters. The molecule has 0 fully saturated rings. The third-order valence-electron chi connectivity index (χ3n) is 5.82. The molecule has 180 valence electrons. The van der Waals surface area contributed by atoms with Crippen molar-refractivity contribution in [3.8, 4) is 11.6 Å². The number of aryl methyl sites for hydroxylation is 4. The summed E-state index contributed by atoms with van der Waals surface area (Å²) in [6.07, 6.45) is 1.37. The van der Waals surface area contributed by atoms with Gasteiger partial charge in [0.1, 0.15) is 11.3 Å². The molecule has 35 heavy (non-hydrogen) atoms. The normalized spacial score (nSPS) is 10.9. The molecule has 4 aromatic rings. The maximum atomic E-state index is 12.8. The topological polar surface area (TPSA) is 95.3 Å². The summed E-state index contributed by atoms with van der Waals surface area (Å²) < 4.78 is 12.3. The van der Waals surface area contributed by atoms with Crippen molar-refractivity contribution in [3.05, 3.63) is 76.5 Å². The van der Waals surface area contributed by atoms with Gasteiger partial charge in [0.2, 0.25) is 0 Å². The molecule has 2 aromatic heterocycles. The number of para-hydroxylation sites is 1. The average Bonchev–Trinajstić information content (AvgIpc) is 3.24. The van der Waals surface area contributed by atoms with Gasteiger partial charge in [0.05, 0.1) is 18.3 Å². The van der Waals surface area contributed by atoms with Gasteiger partial charge in [0, 0.05) is 5.39 Å². The smallest absolute Gasteiger partial charge is 0.343 e. The molecule has 0 spiro atoms. The van der Waals surface area contributed by atoms with Crippen molar-refractivity contribution in [2.75, 3.05) is 18.5 Å². The van der Waals surface area contributed by atoms with E-state index in [0.717, 1.165) is 33.2 Å². The number of hydrogen-bond acceptors (Lipinski definition) is 6. The summed E-state index contributed by atoms with van der Waals surface area (Å²) in [7, 11) is 0. The zero-order valence-electron chi connectivity index (χ0n) is 20.5. The van der Waals surface area contributed by atoms with E-state index in [2.05, 4.69) is 10.4 Å². The fourth-order valence-electron chi connectivity index (χ4n) is 3.77. The number of nitrogens with one attached hydrogen (secondary N) is 1. The van der Waals surface area contributed by atoms with Crippen LogP contribution in [0, 0.1) is 27.7 Å². The molecule has 0 aliphatic heterocycles. The van der Waals surface area contributed by atoms with Crippen molar-refractivity contribution in [1.82, 2.24) is 14.8 Å². The highest BCUT2D eigenvalue weighted by Crippen LogP contribution is 2.26. The van der Waals surface area contributed by atoms with E-state index in [-0.39, 0.29) is 24.6 Å². The highest BCUT2D eigenvalue weighted by Gasteiger charge is 2.23. The van der Waals surface area contributed by atoms with Crippen molar-refractivity contribution >= 4 is 28.6 Å². The summed E-state index contributed by atoms with van der Waals surface area (Å²) in [6, 6.07) is 13.5. The summed E-state index contributed by atoms with van der Waals surface area (Å²) in [5.41, 5.74) is 5.17. The number of fused-ring (bicyclic) bond motifs is 1. The van der Waals surface area contributed by atoms with E-state index in [1.54, 1.807) is 6.92 Å². The van der Waals surface area contributed by atoms with Crippen molar-refractivity contribution in [2.24, 2.45) is 0 Å². The first-order valence-electron chi connectivity index (χ1n) is 11.4. The first-order chi connectivity index (χ1) is 16.8. The van der Waals surface area contributed by atoms with Crippen LogP contribution in [-0.2, 0) is 9.53 Å². The quantitative estimate of drug-likeness (QED) is 0.387. The van der Waals surface area contributed by atoms with E-state index >= 15 is 0 Å². The molecule has 2 heterocycles. The zero-order valence-corrected chi connectivity index (χ0v) is 20.5. The summed E-state index contributed by atoms with van der Waals surface area (Å²) in [5.74, 6) is 0.217. The lowest BCUT2D eigenvalue weighted by Crippen LogP contribution is -2.23. The third-order valence-corrected chi connectivity index (χ3v) is 5.82. The monoisotopic (exact) mass is 472 g/mol. The number of nitrogens with zero attached hydrogens (tertiary/aromatic N) is 3. The Bertz CT molecular complexity index is 1420. The Morgan fingerprint density at radius 3 is 2.51 bits per heavy atom. The first kappa shape index (κ1) is 23.9. The van der Waals surface area contributed by atoms with Gasteiger partial charge in [0.15, 0.2) is 18.2 Å². The lowest BCUT2D eigenvalue weighted by atomic mass is 10.1. The van der Waals surface area contributed by atoms with Crippen LogP contribution in [0.15, 0.2) is 48.7 Å². The molecular weight excluding hydrogens is 444 g/mol. The number of rotatable bonds is 7. The van der Waals surface area contributed by atoms with Gasteiger partial charge >= 0.3 is 5.97 Å². The number of amides is 1. The third kappa shape index (κ3) is 5.01. The number of pyridine rings is 1. The highest BCUT2D eigenvalue weighted by atomic mass is 16.5. The van der Waals surface area contributed by atoms with Gasteiger partial charge in [-0.25, -0.2) is 9.78 Å². The summed E-state index contributed by atoms with van der Waals surface area (Å²) in [4.78, 5) is 30.2. The van der Waals surface area contributed by atoms with Crippen molar-refractivity contribution in [2.45, 2.75) is 34.6 Å². The standard InChI is InChI=1S/C27H28N4O4/c1-6-34-27(33)22-14-28-31(23-13-19(5)21-9-7-8-17(3)25(21)29-23)26(22)30-24(32)15-35-20-11-10-16(2)18(4)12-20/h7-14H,6,15H2,1-5H3,(H,30,32). The van der Waals surface area contributed by atoms with Gasteiger partial charge in [-0.1, -0.05) is 24.3 Å². The van der Waals surface area contributed by atoms with Crippen molar-refractivity contribution in [3.63, 3.8) is 0 Å². The molecule has 0 unspecified atom stereocenters. The van der Waals surface area contributed by atoms with Crippen LogP contribution >= 0.6 is 0 Å². The fraction of sp³-hybridized carbons (Fsp3) is 0.259. The minimum absolute atomic E-state index is 0.135. The van der Waals surface area contributed by atoms with Gasteiger partial charge in [-0.15, -0.1) is 0 Å². The highest BCUT2D eigenvalue weighted by molar-refractivity contribution is 6.01. The van der Waals surface area contributed by atoms with Crippen LogP contribution < -0.4 is 10.1 Å². The second kappa shape index (κ2) is 9.97. The predicted molar refractivity (Wildman–Crippen MR) is 134 cm³/mol. The van der Waals surface area contributed by atoms with Crippen LogP contribution in [0.3, 0.4) is 0 Å². The van der Waals surface area contributed by atoms with E-state index in [1.807, 2.05) is 70.2 Å². The number of esters is 1. The summed E-state index contributed by atoms with van der Waals surface area (Å²) in [5, 5.41) is 8.16. The van der Waals surface area contributed by atoms with Gasteiger partial charge in [0.25, 0.3) is 5.91 Å². The maximum Gasteiger partial charge on any atom is 0.343 e. The number of carbonyl (C=O) groups is 2. The van der Waals surface area contributed by atoms with E-state index in [0.29, 0.717) is 11.6 Å². The molecule has 4 rings (SSSR count). The number of anilines is 1. The van der Waals surface area contributed by atoms with Crippen LogP contribution in [0.1, 0.15) is 39.5 Å². The minimum atomic E-state index is -0.585. The minimum Gasteiger partial charge on any atom is -0.484 e. The molecule has 8 heteroatoms. The molecular formula is C27H28N4O4. The molecule has 2 aromatic carbocycles. The number of ether oxygens (including phenoxy) is 2. The number of carbonyl (C=O) groups excluding carboxylic acids is 2. The number of hydrogen-bond donors (Lipinski definition) is 1. The molecule has 0 aliphatic rings. The molecule has 8 nitrogen and oxygen atoms in total. The Labute approximate surface area is 203 Å². The lowest BCUT2D eigenvalue weighted by Gasteiger charge is -2.13. The van der Waals surface area contributed by atoms with E-state index < -0.39 is 11.9 Å². The maximum absolute atomic E-state index is 12.8. The molecule has 1 amide bonds. The molecule has 0 aliphatic carbocycles. The lowest BCUT2D eigenvalue weighted by molar-refractivity contribution is -0.118. The Kier molecular flexibility index (Phi) is 6.82. The molecule has 0 saturated heterocycles.